The van der Waals surface area contributed by atoms with E-state index in [0.717, 1.165) is 16.0 Å². The van der Waals surface area contributed by atoms with Crippen molar-refractivity contribution in [2.45, 2.75) is 15.8 Å². The number of benzene rings is 2. The Bertz CT molecular complexity index is 1280. The number of aromatic nitrogens is 3. The Labute approximate surface area is 185 Å². The molecule has 0 saturated carbocycles. The summed E-state index contributed by atoms with van der Waals surface area (Å²) in [5, 5.41) is 0.478. The molecule has 0 spiro atoms. The molecule has 1 atom stereocenters. The summed E-state index contributed by atoms with van der Waals surface area (Å²) >= 11 is 1.40. The molecular weight excluding hydrogens is 433 g/mol. The smallest absolute Gasteiger partial charge is 0.260 e. The zero-order valence-corrected chi connectivity index (χ0v) is 18.2. The molecule has 0 amide bonds. The molecule has 156 valence electrons. The Morgan fingerprint density at radius 2 is 1.65 bits per heavy atom. The molecule has 2 aromatic heterocycles. The lowest BCUT2D eigenvalue weighted by Crippen LogP contribution is -2.14. The van der Waals surface area contributed by atoms with Crippen LogP contribution in [-0.4, -0.2) is 25.4 Å². The molecule has 0 saturated heterocycles. The molecule has 5 nitrogen and oxygen atoms in total. The summed E-state index contributed by atoms with van der Waals surface area (Å²) in [6, 6.07) is 16.8. The molecule has 0 aliphatic heterocycles. The summed E-state index contributed by atoms with van der Waals surface area (Å²) in [5.74, 6) is 0.217. The Morgan fingerprint density at radius 3 is 2.29 bits per heavy atom. The topological polar surface area (TPSA) is 75.7 Å². The first-order valence-corrected chi connectivity index (χ1v) is 11.9. The third kappa shape index (κ3) is 4.98. The standard InChI is InChI=1S/C23H18FN3O2S2/c1-31(29)19-8-2-15(3-9-19)14-30-23-26-21(17-10-12-25-13-11-17)20(22(28)27-23)16-4-6-18(24)7-5-16/h2-13H,14H2,1H3,(H,26,27,28). The Kier molecular flexibility index (Phi) is 6.39. The largest absolute Gasteiger partial charge is 0.301 e. The zero-order valence-electron chi connectivity index (χ0n) is 16.5. The summed E-state index contributed by atoms with van der Waals surface area (Å²) < 4.78 is 24.9. The first-order chi connectivity index (χ1) is 15.0. The van der Waals surface area contributed by atoms with E-state index in [1.54, 1.807) is 42.9 Å². The van der Waals surface area contributed by atoms with Gasteiger partial charge in [0.05, 0.1) is 11.3 Å². The van der Waals surface area contributed by atoms with E-state index < -0.39 is 10.8 Å². The van der Waals surface area contributed by atoms with Crippen LogP contribution in [0.3, 0.4) is 0 Å². The highest BCUT2D eigenvalue weighted by Crippen LogP contribution is 2.29. The zero-order chi connectivity index (χ0) is 21.8. The van der Waals surface area contributed by atoms with Gasteiger partial charge < -0.3 is 4.98 Å². The maximum Gasteiger partial charge on any atom is 0.260 e. The fourth-order valence-corrected chi connectivity index (χ4v) is 4.39. The molecule has 31 heavy (non-hydrogen) atoms. The van der Waals surface area contributed by atoms with Crippen LogP contribution in [0.15, 0.2) is 87.9 Å². The summed E-state index contributed by atoms with van der Waals surface area (Å²) in [7, 11) is -1.02. The van der Waals surface area contributed by atoms with Gasteiger partial charge in [-0.2, -0.15) is 0 Å². The van der Waals surface area contributed by atoms with E-state index in [2.05, 4.69) is 9.97 Å². The van der Waals surface area contributed by atoms with Gasteiger partial charge in [0.1, 0.15) is 5.82 Å². The molecule has 1 unspecified atom stereocenters. The maximum absolute atomic E-state index is 13.4. The van der Waals surface area contributed by atoms with Gasteiger partial charge >= 0.3 is 0 Å². The molecule has 4 rings (SSSR count). The molecule has 0 aliphatic rings. The van der Waals surface area contributed by atoms with Crippen molar-refractivity contribution in [1.82, 2.24) is 15.0 Å². The van der Waals surface area contributed by atoms with E-state index in [4.69, 9.17) is 4.98 Å². The summed E-state index contributed by atoms with van der Waals surface area (Å²) in [4.78, 5) is 25.3. The van der Waals surface area contributed by atoms with Crippen LogP contribution in [0, 0.1) is 5.82 Å². The molecule has 0 radical (unpaired) electrons. The lowest BCUT2D eigenvalue weighted by atomic mass is 10.0. The number of rotatable bonds is 6. The highest BCUT2D eigenvalue weighted by molar-refractivity contribution is 7.98. The number of thioether (sulfide) groups is 1. The normalized spacial score (nSPS) is 11.9. The summed E-state index contributed by atoms with van der Waals surface area (Å²) in [6.07, 6.45) is 4.92. The fraction of sp³-hybridized carbons (Fsp3) is 0.0870. The molecule has 4 aromatic rings. The van der Waals surface area contributed by atoms with E-state index >= 15 is 0 Å². The number of pyridine rings is 1. The van der Waals surface area contributed by atoms with E-state index in [1.165, 1.54) is 23.9 Å². The Balaban J connectivity index is 1.70. The van der Waals surface area contributed by atoms with Gasteiger partial charge in [-0.05, 0) is 47.5 Å². The van der Waals surface area contributed by atoms with Crippen molar-refractivity contribution in [2.75, 3.05) is 6.26 Å². The van der Waals surface area contributed by atoms with Gasteiger partial charge in [-0.1, -0.05) is 36.0 Å². The van der Waals surface area contributed by atoms with E-state index in [0.29, 0.717) is 27.7 Å². The van der Waals surface area contributed by atoms with Gasteiger partial charge in [-0.3, -0.25) is 14.0 Å². The first kappa shape index (κ1) is 21.1. The lowest BCUT2D eigenvalue weighted by molar-refractivity contribution is 0.628. The van der Waals surface area contributed by atoms with E-state index in [1.807, 2.05) is 24.3 Å². The Hall–Kier alpha value is -3.10. The van der Waals surface area contributed by atoms with E-state index in [9.17, 15) is 13.4 Å². The number of nitrogens with zero attached hydrogens (tertiary/aromatic N) is 2. The van der Waals surface area contributed by atoms with Gasteiger partial charge in [0.15, 0.2) is 5.16 Å². The van der Waals surface area contributed by atoms with Gasteiger partial charge in [-0.15, -0.1) is 0 Å². The van der Waals surface area contributed by atoms with Crippen molar-refractivity contribution < 1.29 is 8.60 Å². The monoisotopic (exact) mass is 451 g/mol. The lowest BCUT2D eigenvalue weighted by Gasteiger charge is -2.11. The van der Waals surface area contributed by atoms with Crippen LogP contribution in [0.5, 0.6) is 0 Å². The number of hydrogen-bond acceptors (Lipinski definition) is 5. The minimum atomic E-state index is -1.02. The number of aromatic amines is 1. The molecule has 0 bridgehead atoms. The van der Waals surface area contributed by atoms with Crippen LogP contribution in [0.2, 0.25) is 0 Å². The van der Waals surface area contributed by atoms with Crippen LogP contribution in [0.25, 0.3) is 22.4 Å². The maximum atomic E-state index is 13.4. The SMILES string of the molecule is CS(=O)c1ccc(CSc2nc(-c3ccncc3)c(-c3ccc(F)cc3)c(=O)[nH]2)cc1. The van der Waals surface area contributed by atoms with Gasteiger partial charge in [0, 0.05) is 45.7 Å². The quantitative estimate of drug-likeness (QED) is 0.341. The second-order valence-corrected chi connectivity index (χ2v) is 9.07. The number of H-pyrrole nitrogens is 1. The fourth-order valence-electron chi connectivity index (χ4n) is 3.05. The number of halogens is 1. The molecule has 0 fully saturated rings. The second kappa shape index (κ2) is 9.36. The molecule has 0 aliphatic carbocycles. The summed E-state index contributed by atoms with van der Waals surface area (Å²) in [6.45, 7) is 0. The minimum absolute atomic E-state index is 0.298. The molecule has 2 aromatic carbocycles. The highest BCUT2D eigenvalue weighted by Gasteiger charge is 2.16. The van der Waals surface area contributed by atoms with Crippen molar-refractivity contribution in [3.63, 3.8) is 0 Å². The number of hydrogen-bond donors (Lipinski definition) is 1. The molecule has 2 heterocycles. The molecule has 8 heteroatoms. The molecular formula is C23H18FN3O2S2. The van der Waals surface area contributed by atoms with Crippen molar-refractivity contribution in [3.05, 3.63) is 94.8 Å². The van der Waals surface area contributed by atoms with Crippen molar-refractivity contribution in [1.29, 1.82) is 0 Å². The van der Waals surface area contributed by atoms with Crippen LogP contribution in [-0.2, 0) is 16.6 Å². The van der Waals surface area contributed by atoms with Gasteiger partial charge in [-0.25, -0.2) is 9.37 Å². The van der Waals surface area contributed by atoms with Gasteiger partial charge in [0.25, 0.3) is 5.56 Å². The van der Waals surface area contributed by atoms with Crippen LogP contribution in [0.4, 0.5) is 4.39 Å². The predicted molar refractivity (Wildman–Crippen MR) is 122 cm³/mol. The number of nitrogens with one attached hydrogen (secondary N) is 1. The third-order valence-corrected chi connectivity index (χ3v) is 6.50. The van der Waals surface area contributed by atoms with Crippen molar-refractivity contribution in [2.24, 2.45) is 0 Å². The van der Waals surface area contributed by atoms with Crippen LogP contribution < -0.4 is 5.56 Å². The Morgan fingerprint density at radius 1 is 0.968 bits per heavy atom. The average Bonchev–Trinajstić information content (AvgIpc) is 2.79. The first-order valence-electron chi connectivity index (χ1n) is 9.37. The van der Waals surface area contributed by atoms with Crippen LogP contribution in [0.1, 0.15) is 5.56 Å². The van der Waals surface area contributed by atoms with Crippen molar-refractivity contribution >= 4 is 22.6 Å². The summed E-state index contributed by atoms with van der Waals surface area (Å²) in [5.41, 5.74) is 2.95. The van der Waals surface area contributed by atoms with E-state index in [-0.39, 0.29) is 11.4 Å². The predicted octanol–water partition coefficient (Wildman–Crippen LogP) is 4.67. The van der Waals surface area contributed by atoms with Gasteiger partial charge in [0.2, 0.25) is 0 Å². The van der Waals surface area contributed by atoms with Crippen molar-refractivity contribution in [3.8, 4) is 22.4 Å². The average molecular weight is 452 g/mol. The third-order valence-electron chi connectivity index (χ3n) is 4.62. The molecule has 1 N–H and O–H groups in total. The second-order valence-electron chi connectivity index (χ2n) is 6.72. The minimum Gasteiger partial charge on any atom is -0.301 e. The van der Waals surface area contributed by atoms with Crippen LogP contribution >= 0.6 is 11.8 Å². The highest BCUT2D eigenvalue weighted by atomic mass is 32.2.